The third kappa shape index (κ3) is 2.53. The van der Waals surface area contributed by atoms with Gasteiger partial charge in [-0.25, -0.2) is 4.98 Å². The number of nitrogens with zero attached hydrogens (tertiary/aromatic N) is 2. The van der Waals surface area contributed by atoms with Crippen LogP contribution in [0.25, 0.3) is 0 Å². The fraction of sp³-hybridized carbons (Fsp3) is 0.286. The van der Waals surface area contributed by atoms with Gasteiger partial charge < -0.3 is 0 Å². The van der Waals surface area contributed by atoms with Crippen molar-refractivity contribution in [1.29, 1.82) is 0 Å². The maximum Gasteiger partial charge on any atom is 0.242 e. The van der Waals surface area contributed by atoms with Gasteiger partial charge in [0.15, 0.2) is 0 Å². The first kappa shape index (κ1) is 14.1. The molecule has 0 radical (unpaired) electrons. The molecule has 1 heterocycles. The van der Waals surface area contributed by atoms with E-state index in [0.29, 0.717) is 16.5 Å². The molecule has 1 unspecified atom stereocenters. The molecular weight excluding hydrogens is 283 g/mol. The number of hydrogen-bond donors (Lipinski definition) is 0. The highest BCUT2D eigenvalue weighted by atomic mass is 35.5. The van der Waals surface area contributed by atoms with Crippen LogP contribution in [0.1, 0.15) is 30.6 Å². The Kier molecular flexibility index (Phi) is 3.97. The number of imidazole rings is 1. The van der Waals surface area contributed by atoms with Crippen molar-refractivity contribution in [2.45, 2.75) is 25.7 Å². The van der Waals surface area contributed by atoms with Gasteiger partial charge in [-0.1, -0.05) is 36.2 Å². The zero-order valence-electron chi connectivity index (χ0n) is 10.7. The van der Waals surface area contributed by atoms with E-state index in [-0.39, 0.29) is 5.91 Å². The van der Waals surface area contributed by atoms with Crippen LogP contribution >= 0.6 is 23.2 Å². The Hall–Kier alpha value is -1.32. The molecule has 0 aliphatic rings. The largest absolute Gasteiger partial charge is 0.276 e. The lowest BCUT2D eigenvalue weighted by molar-refractivity contribution is 0.0803. The van der Waals surface area contributed by atoms with Crippen molar-refractivity contribution < 1.29 is 4.79 Å². The molecule has 3 nitrogen and oxygen atoms in total. The van der Waals surface area contributed by atoms with Crippen molar-refractivity contribution in [2.24, 2.45) is 0 Å². The monoisotopic (exact) mass is 296 g/mol. The van der Waals surface area contributed by atoms with Gasteiger partial charge in [-0.15, -0.1) is 0 Å². The van der Waals surface area contributed by atoms with Gasteiger partial charge >= 0.3 is 0 Å². The molecule has 0 saturated carbocycles. The van der Waals surface area contributed by atoms with Crippen LogP contribution < -0.4 is 0 Å². The summed E-state index contributed by atoms with van der Waals surface area (Å²) in [4.78, 5) is 16.5. The summed E-state index contributed by atoms with van der Waals surface area (Å²) in [5.74, 6) is -0.0586. The average molecular weight is 297 g/mol. The highest BCUT2D eigenvalue weighted by Crippen LogP contribution is 2.35. The van der Waals surface area contributed by atoms with Crippen LogP contribution in [0.3, 0.4) is 0 Å². The van der Waals surface area contributed by atoms with E-state index in [1.165, 1.54) is 10.9 Å². The lowest BCUT2D eigenvalue weighted by Gasteiger charge is -2.28. The highest BCUT2D eigenvalue weighted by Gasteiger charge is 2.36. The Bertz CT molecular complexity index is 595. The Morgan fingerprint density at radius 3 is 2.68 bits per heavy atom. The van der Waals surface area contributed by atoms with Crippen LogP contribution in [0.4, 0.5) is 0 Å². The number of carbonyl (C=O) groups is 1. The number of hydrogen-bond acceptors (Lipinski definition) is 2. The Labute approximate surface area is 122 Å². The van der Waals surface area contributed by atoms with Crippen LogP contribution in [0.2, 0.25) is 10.0 Å². The van der Waals surface area contributed by atoms with Gasteiger partial charge in [0.05, 0.1) is 5.41 Å². The Morgan fingerprint density at radius 2 is 2.16 bits per heavy atom. The zero-order chi connectivity index (χ0) is 14.0. The van der Waals surface area contributed by atoms with Crippen molar-refractivity contribution in [2.75, 3.05) is 0 Å². The molecule has 19 heavy (non-hydrogen) atoms. The molecule has 0 bridgehead atoms. The van der Waals surface area contributed by atoms with Gasteiger partial charge in [0.2, 0.25) is 5.91 Å². The highest BCUT2D eigenvalue weighted by molar-refractivity contribution is 6.35. The summed E-state index contributed by atoms with van der Waals surface area (Å²) in [7, 11) is 0. The molecule has 0 spiro atoms. The molecule has 0 aliphatic heterocycles. The molecule has 0 aliphatic carbocycles. The summed E-state index contributed by atoms with van der Waals surface area (Å²) in [5.41, 5.74) is 0.0716. The molecular formula is C14H14Cl2N2O. The molecule has 5 heteroatoms. The third-order valence-electron chi connectivity index (χ3n) is 3.44. The molecule has 1 aromatic heterocycles. The normalized spacial score (nSPS) is 14.1. The molecule has 100 valence electrons. The summed E-state index contributed by atoms with van der Waals surface area (Å²) in [6.07, 6.45) is 5.35. The predicted octanol–water partition coefficient (Wildman–Crippen LogP) is 4.20. The van der Waals surface area contributed by atoms with Crippen molar-refractivity contribution in [3.05, 3.63) is 52.5 Å². The van der Waals surface area contributed by atoms with Crippen molar-refractivity contribution in [1.82, 2.24) is 9.55 Å². The molecule has 2 rings (SSSR count). The van der Waals surface area contributed by atoms with Crippen molar-refractivity contribution >= 4 is 29.1 Å². The number of carbonyl (C=O) groups excluding carboxylic acids is 1. The standard InChI is InChI=1S/C14H14Cl2N2O/c1-3-14(2,13(19)18-7-6-17-9-18)11-5-4-10(15)8-12(11)16/h4-9H,3H2,1-2H3. The van der Waals surface area contributed by atoms with E-state index in [0.717, 1.165) is 5.56 Å². The average Bonchev–Trinajstić information content (AvgIpc) is 2.90. The second-order valence-electron chi connectivity index (χ2n) is 4.58. The van der Waals surface area contributed by atoms with E-state index < -0.39 is 5.41 Å². The van der Waals surface area contributed by atoms with Gasteiger partial charge in [0.25, 0.3) is 0 Å². The van der Waals surface area contributed by atoms with E-state index in [4.69, 9.17) is 23.2 Å². The topological polar surface area (TPSA) is 34.9 Å². The minimum atomic E-state index is -0.706. The zero-order valence-corrected chi connectivity index (χ0v) is 12.2. The lowest BCUT2D eigenvalue weighted by Crippen LogP contribution is -2.36. The smallest absolute Gasteiger partial charge is 0.242 e. The minimum Gasteiger partial charge on any atom is -0.276 e. The first-order valence-corrected chi connectivity index (χ1v) is 6.73. The number of rotatable bonds is 3. The summed E-state index contributed by atoms with van der Waals surface area (Å²) in [5, 5.41) is 1.06. The van der Waals surface area contributed by atoms with Gasteiger partial charge in [0, 0.05) is 22.4 Å². The van der Waals surface area contributed by atoms with Gasteiger partial charge in [-0.3, -0.25) is 9.36 Å². The fourth-order valence-electron chi connectivity index (χ4n) is 2.06. The summed E-state index contributed by atoms with van der Waals surface area (Å²) >= 11 is 12.1. The lowest BCUT2D eigenvalue weighted by atomic mass is 9.79. The van der Waals surface area contributed by atoms with Crippen LogP contribution in [0.5, 0.6) is 0 Å². The van der Waals surface area contributed by atoms with Crippen LogP contribution in [-0.2, 0) is 5.41 Å². The van der Waals surface area contributed by atoms with Gasteiger partial charge in [0.1, 0.15) is 6.33 Å². The Morgan fingerprint density at radius 1 is 1.42 bits per heavy atom. The molecule has 0 fully saturated rings. The maximum atomic E-state index is 12.6. The number of aromatic nitrogens is 2. The van der Waals surface area contributed by atoms with Crippen molar-refractivity contribution in [3.8, 4) is 0 Å². The van der Waals surface area contributed by atoms with E-state index in [1.807, 2.05) is 19.9 Å². The molecule has 0 amide bonds. The number of halogens is 2. The second kappa shape index (κ2) is 5.35. The molecule has 2 aromatic rings. The van der Waals surface area contributed by atoms with E-state index in [9.17, 15) is 4.79 Å². The Balaban J connectivity index is 2.50. The molecule has 1 aromatic carbocycles. The van der Waals surface area contributed by atoms with Crippen molar-refractivity contribution in [3.63, 3.8) is 0 Å². The summed E-state index contributed by atoms with van der Waals surface area (Å²) in [6, 6.07) is 5.22. The number of benzene rings is 1. The molecule has 0 saturated heterocycles. The van der Waals surface area contributed by atoms with E-state index in [2.05, 4.69) is 4.98 Å². The van der Waals surface area contributed by atoms with E-state index >= 15 is 0 Å². The first-order chi connectivity index (χ1) is 8.99. The van der Waals surface area contributed by atoms with Gasteiger partial charge in [-0.2, -0.15) is 0 Å². The third-order valence-corrected chi connectivity index (χ3v) is 3.99. The molecule has 1 atom stereocenters. The predicted molar refractivity (Wildman–Crippen MR) is 77.0 cm³/mol. The fourth-order valence-corrected chi connectivity index (χ4v) is 2.68. The van der Waals surface area contributed by atoms with Crippen LogP contribution in [0, 0.1) is 0 Å². The summed E-state index contributed by atoms with van der Waals surface area (Å²) < 4.78 is 1.48. The van der Waals surface area contributed by atoms with Gasteiger partial charge in [-0.05, 0) is 31.0 Å². The molecule has 0 N–H and O–H groups in total. The van der Waals surface area contributed by atoms with Crippen LogP contribution in [0.15, 0.2) is 36.9 Å². The minimum absolute atomic E-state index is 0.0586. The SMILES string of the molecule is CCC(C)(C(=O)n1ccnc1)c1ccc(Cl)cc1Cl. The van der Waals surface area contributed by atoms with Crippen LogP contribution in [-0.4, -0.2) is 15.5 Å². The second-order valence-corrected chi connectivity index (χ2v) is 5.43. The van der Waals surface area contributed by atoms with E-state index in [1.54, 1.807) is 24.5 Å². The quantitative estimate of drug-likeness (QED) is 0.851. The summed E-state index contributed by atoms with van der Waals surface area (Å²) in [6.45, 7) is 3.84. The first-order valence-electron chi connectivity index (χ1n) is 5.97. The maximum absolute atomic E-state index is 12.6.